The van der Waals surface area contributed by atoms with Crippen LogP contribution in [0.15, 0.2) is 0 Å². The molecule has 1 aliphatic heterocycles. The van der Waals surface area contributed by atoms with E-state index in [4.69, 9.17) is 4.74 Å². The lowest BCUT2D eigenvalue weighted by molar-refractivity contribution is 0.00549. The third-order valence-electron chi connectivity index (χ3n) is 3.14. The van der Waals surface area contributed by atoms with E-state index < -0.39 is 5.60 Å². The fourth-order valence-corrected chi connectivity index (χ4v) is 2.25. The van der Waals surface area contributed by atoms with Gasteiger partial charge in [0.2, 0.25) is 0 Å². The van der Waals surface area contributed by atoms with Crippen molar-refractivity contribution < 1.29 is 14.9 Å². The molecule has 1 rings (SSSR count). The first-order valence-corrected chi connectivity index (χ1v) is 6.04. The molecule has 0 bridgehead atoms. The van der Waals surface area contributed by atoms with E-state index in [1.54, 1.807) is 0 Å². The molecule has 0 aromatic carbocycles. The van der Waals surface area contributed by atoms with Gasteiger partial charge in [-0.05, 0) is 26.8 Å². The quantitative estimate of drug-likeness (QED) is 0.698. The summed E-state index contributed by atoms with van der Waals surface area (Å²) in [7, 11) is 0. The molecule has 0 spiro atoms. The van der Waals surface area contributed by atoms with Crippen LogP contribution in [-0.2, 0) is 4.74 Å². The Morgan fingerprint density at radius 3 is 2.50 bits per heavy atom. The summed E-state index contributed by atoms with van der Waals surface area (Å²) in [4.78, 5) is 2.19. The van der Waals surface area contributed by atoms with Gasteiger partial charge < -0.3 is 19.8 Å². The average molecular weight is 231 g/mol. The van der Waals surface area contributed by atoms with Crippen molar-refractivity contribution in [3.05, 3.63) is 0 Å². The summed E-state index contributed by atoms with van der Waals surface area (Å²) in [5.74, 6) is 0. The van der Waals surface area contributed by atoms with Crippen LogP contribution in [0.5, 0.6) is 0 Å². The molecule has 16 heavy (non-hydrogen) atoms. The molecule has 0 aromatic rings. The molecule has 4 heteroatoms. The van der Waals surface area contributed by atoms with Gasteiger partial charge >= 0.3 is 0 Å². The number of nitrogens with zero attached hydrogens (tertiary/aromatic N) is 1. The van der Waals surface area contributed by atoms with Crippen LogP contribution < -0.4 is 0 Å². The number of likely N-dealkylation sites (N-methyl/N-ethyl adjacent to an activating group) is 1. The maximum absolute atomic E-state index is 9.81. The molecule has 0 radical (unpaired) electrons. The Morgan fingerprint density at radius 2 is 2.12 bits per heavy atom. The van der Waals surface area contributed by atoms with Crippen molar-refractivity contribution in [2.75, 3.05) is 39.5 Å². The molecule has 0 aliphatic carbocycles. The number of hydrogen-bond acceptors (Lipinski definition) is 4. The predicted molar refractivity (Wildman–Crippen MR) is 63.4 cm³/mol. The minimum absolute atomic E-state index is 0.124. The summed E-state index contributed by atoms with van der Waals surface area (Å²) in [6.07, 6.45) is 0.909. The number of aliphatic hydroxyl groups excluding tert-OH is 1. The lowest BCUT2D eigenvalue weighted by Crippen LogP contribution is -2.46. The van der Waals surface area contributed by atoms with Crippen LogP contribution in [0.25, 0.3) is 0 Å². The topological polar surface area (TPSA) is 52.9 Å². The maximum Gasteiger partial charge on any atom is 0.0718 e. The third-order valence-corrected chi connectivity index (χ3v) is 3.14. The van der Waals surface area contributed by atoms with Gasteiger partial charge in [0.25, 0.3) is 0 Å². The van der Waals surface area contributed by atoms with Gasteiger partial charge in [-0.15, -0.1) is 0 Å². The highest BCUT2D eigenvalue weighted by Gasteiger charge is 2.36. The van der Waals surface area contributed by atoms with Gasteiger partial charge in [0.15, 0.2) is 0 Å². The monoisotopic (exact) mass is 231 g/mol. The summed E-state index contributed by atoms with van der Waals surface area (Å²) in [6.45, 7) is 9.54. The Kier molecular flexibility index (Phi) is 4.73. The zero-order valence-electron chi connectivity index (χ0n) is 10.7. The van der Waals surface area contributed by atoms with Gasteiger partial charge in [-0.2, -0.15) is 0 Å². The van der Waals surface area contributed by atoms with Crippen molar-refractivity contribution in [3.63, 3.8) is 0 Å². The smallest absolute Gasteiger partial charge is 0.0718 e. The molecular formula is C12H25NO3. The molecule has 4 nitrogen and oxygen atoms in total. The van der Waals surface area contributed by atoms with Crippen LogP contribution in [0.1, 0.15) is 27.2 Å². The number of rotatable bonds is 6. The molecular weight excluding hydrogens is 206 g/mol. The maximum atomic E-state index is 9.81. The van der Waals surface area contributed by atoms with E-state index >= 15 is 0 Å². The second-order valence-corrected chi connectivity index (χ2v) is 5.58. The lowest BCUT2D eigenvalue weighted by Gasteiger charge is -2.35. The van der Waals surface area contributed by atoms with Crippen molar-refractivity contribution in [1.29, 1.82) is 0 Å². The minimum Gasteiger partial charge on any atom is -0.396 e. The van der Waals surface area contributed by atoms with E-state index in [0.717, 1.165) is 26.1 Å². The van der Waals surface area contributed by atoms with Crippen molar-refractivity contribution in [1.82, 2.24) is 4.90 Å². The van der Waals surface area contributed by atoms with Crippen LogP contribution in [0.4, 0.5) is 0 Å². The second kappa shape index (κ2) is 5.45. The van der Waals surface area contributed by atoms with E-state index in [0.29, 0.717) is 13.2 Å². The molecule has 1 fully saturated rings. The Bertz CT molecular complexity index is 207. The van der Waals surface area contributed by atoms with Crippen molar-refractivity contribution >= 4 is 0 Å². The third kappa shape index (κ3) is 4.01. The Morgan fingerprint density at radius 1 is 1.44 bits per heavy atom. The van der Waals surface area contributed by atoms with Gasteiger partial charge in [0.05, 0.1) is 18.8 Å². The molecule has 1 saturated heterocycles. The summed E-state index contributed by atoms with van der Waals surface area (Å²) in [5, 5.41) is 19.3. The Hall–Kier alpha value is -0.160. The van der Waals surface area contributed by atoms with Crippen molar-refractivity contribution in [3.8, 4) is 0 Å². The van der Waals surface area contributed by atoms with E-state index in [9.17, 15) is 10.2 Å². The highest BCUT2D eigenvalue weighted by atomic mass is 16.5. The Balaban J connectivity index is 2.54. The SMILES string of the molecule is CCN(CC(C)(C)O)CC1(CO)CCOC1. The number of ether oxygens (including phenoxy) is 1. The molecule has 0 aromatic heterocycles. The van der Waals surface area contributed by atoms with E-state index in [1.165, 1.54) is 0 Å². The highest BCUT2D eigenvalue weighted by Crippen LogP contribution is 2.29. The fraction of sp³-hybridized carbons (Fsp3) is 1.00. The Labute approximate surface area is 98.2 Å². The molecule has 1 atom stereocenters. The first-order chi connectivity index (χ1) is 7.41. The standard InChI is InChI=1S/C12H25NO3/c1-4-13(7-11(2,3)15)8-12(9-14)5-6-16-10-12/h14-15H,4-10H2,1-3H3. The fourth-order valence-electron chi connectivity index (χ4n) is 2.25. The number of hydrogen-bond donors (Lipinski definition) is 2. The molecule has 96 valence electrons. The first-order valence-electron chi connectivity index (χ1n) is 6.04. The summed E-state index contributed by atoms with van der Waals surface area (Å²) in [6, 6.07) is 0. The van der Waals surface area contributed by atoms with E-state index in [2.05, 4.69) is 11.8 Å². The van der Waals surface area contributed by atoms with Gasteiger partial charge in [-0.1, -0.05) is 6.92 Å². The summed E-state index contributed by atoms with van der Waals surface area (Å²) < 4.78 is 5.38. The van der Waals surface area contributed by atoms with Crippen molar-refractivity contribution in [2.24, 2.45) is 5.41 Å². The largest absolute Gasteiger partial charge is 0.396 e. The predicted octanol–water partition coefficient (Wildman–Crippen LogP) is 0.478. The van der Waals surface area contributed by atoms with Gasteiger partial charge in [-0.3, -0.25) is 0 Å². The van der Waals surface area contributed by atoms with Gasteiger partial charge in [0.1, 0.15) is 0 Å². The number of aliphatic hydroxyl groups is 2. The molecule has 1 unspecified atom stereocenters. The van der Waals surface area contributed by atoms with Crippen LogP contribution in [0.3, 0.4) is 0 Å². The molecule has 2 N–H and O–H groups in total. The molecule has 1 heterocycles. The van der Waals surface area contributed by atoms with Crippen LogP contribution >= 0.6 is 0 Å². The highest BCUT2D eigenvalue weighted by molar-refractivity contribution is 4.87. The van der Waals surface area contributed by atoms with Crippen LogP contribution in [0.2, 0.25) is 0 Å². The van der Waals surface area contributed by atoms with E-state index in [-0.39, 0.29) is 12.0 Å². The lowest BCUT2D eigenvalue weighted by atomic mass is 9.87. The molecule has 0 saturated carbocycles. The zero-order chi connectivity index (χ0) is 12.2. The summed E-state index contributed by atoms with van der Waals surface area (Å²) >= 11 is 0. The normalized spacial score (nSPS) is 26.6. The first kappa shape index (κ1) is 13.9. The van der Waals surface area contributed by atoms with Gasteiger partial charge in [-0.25, -0.2) is 0 Å². The minimum atomic E-state index is -0.688. The summed E-state index contributed by atoms with van der Waals surface area (Å²) in [5.41, 5.74) is -0.812. The van der Waals surface area contributed by atoms with Crippen LogP contribution in [-0.4, -0.2) is 60.2 Å². The van der Waals surface area contributed by atoms with Gasteiger partial charge in [0, 0.05) is 25.1 Å². The van der Waals surface area contributed by atoms with Crippen LogP contribution in [0, 0.1) is 5.41 Å². The molecule has 1 aliphatic rings. The molecule has 0 amide bonds. The van der Waals surface area contributed by atoms with E-state index in [1.807, 2.05) is 13.8 Å². The zero-order valence-corrected chi connectivity index (χ0v) is 10.7. The second-order valence-electron chi connectivity index (χ2n) is 5.58. The average Bonchev–Trinajstić information content (AvgIpc) is 2.64. The van der Waals surface area contributed by atoms with Crippen molar-refractivity contribution in [2.45, 2.75) is 32.8 Å².